The van der Waals surface area contributed by atoms with Crippen LogP contribution in [0.2, 0.25) is 0 Å². The fourth-order valence-electron chi connectivity index (χ4n) is 9.54. The van der Waals surface area contributed by atoms with Gasteiger partial charge in [-0.25, -0.2) is 0 Å². The minimum absolute atomic E-state index is 0.00433. The Morgan fingerprint density at radius 3 is 1.32 bits per heavy atom. The summed E-state index contributed by atoms with van der Waals surface area (Å²) < 4.78 is 0. The standard InChI is InChI=1S/C32H60P2/c1-21-12-27(28(13-22(21)2)20-34(31(6,7)8)32(9,10)11)19-33(30(3,4)5)29-25-15-23-14-24(17-25)18-26(29)16-23/h21-29H,12-20H2,1-11H3. The minimum atomic E-state index is 0.00433. The molecule has 5 fully saturated rings. The molecule has 5 unspecified atom stereocenters. The fourth-order valence-corrected chi connectivity index (χ4v) is 17.7. The van der Waals surface area contributed by atoms with E-state index in [1.807, 2.05) is 0 Å². The molecule has 34 heavy (non-hydrogen) atoms. The topological polar surface area (TPSA) is 0 Å². The number of hydrogen-bond acceptors (Lipinski definition) is 0. The summed E-state index contributed by atoms with van der Waals surface area (Å²) in [5, 5.41) is 1.44. The summed E-state index contributed by atoms with van der Waals surface area (Å²) in [7, 11) is 0.0959. The smallest absolute Gasteiger partial charge is 0.0147 e. The van der Waals surface area contributed by atoms with Crippen molar-refractivity contribution >= 4 is 15.8 Å². The van der Waals surface area contributed by atoms with Gasteiger partial charge in [0.05, 0.1) is 0 Å². The normalized spacial score (nSPS) is 41.8. The van der Waals surface area contributed by atoms with Gasteiger partial charge in [0.2, 0.25) is 0 Å². The predicted octanol–water partition coefficient (Wildman–Crippen LogP) is 10.5. The largest absolute Gasteiger partial charge is 0.0971 e. The van der Waals surface area contributed by atoms with E-state index in [4.69, 9.17) is 0 Å². The van der Waals surface area contributed by atoms with Gasteiger partial charge in [-0.3, -0.25) is 0 Å². The molecule has 0 aliphatic heterocycles. The molecule has 5 saturated carbocycles. The van der Waals surface area contributed by atoms with Crippen molar-refractivity contribution in [2.45, 2.75) is 142 Å². The van der Waals surface area contributed by atoms with Crippen LogP contribution in [-0.4, -0.2) is 33.5 Å². The zero-order valence-corrected chi connectivity index (χ0v) is 26.7. The molecule has 0 aromatic rings. The lowest BCUT2D eigenvalue weighted by Crippen LogP contribution is -2.49. The molecule has 0 N–H and O–H groups in total. The Morgan fingerprint density at radius 1 is 0.529 bits per heavy atom. The second-order valence-electron chi connectivity index (χ2n) is 16.6. The first-order valence-corrected chi connectivity index (χ1v) is 18.2. The Balaban J connectivity index is 1.58. The van der Waals surface area contributed by atoms with Crippen molar-refractivity contribution in [2.75, 3.05) is 12.3 Å². The van der Waals surface area contributed by atoms with Crippen LogP contribution in [0.4, 0.5) is 0 Å². The monoisotopic (exact) mass is 506 g/mol. The van der Waals surface area contributed by atoms with E-state index in [1.165, 1.54) is 19.0 Å². The maximum Gasteiger partial charge on any atom is -0.0147 e. The van der Waals surface area contributed by atoms with Crippen molar-refractivity contribution in [1.82, 2.24) is 0 Å². The average molecular weight is 507 g/mol. The molecule has 0 aromatic heterocycles. The first-order valence-electron chi connectivity index (χ1n) is 15.1. The zero-order chi connectivity index (χ0) is 25.2. The third-order valence-corrected chi connectivity index (χ3v) is 19.1. The van der Waals surface area contributed by atoms with Crippen LogP contribution < -0.4 is 0 Å². The van der Waals surface area contributed by atoms with Gasteiger partial charge in [-0.05, 0) is 126 Å². The lowest BCUT2D eigenvalue weighted by molar-refractivity contribution is 0.0239. The van der Waals surface area contributed by atoms with Gasteiger partial charge < -0.3 is 0 Å². The molecule has 0 amide bonds. The molecule has 0 radical (unpaired) electrons. The molecule has 5 rings (SSSR count). The fraction of sp³-hybridized carbons (Fsp3) is 1.00. The van der Waals surface area contributed by atoms with E-state index in [2.05, 4.69) is 76.2 Å². The summed E-state index contributed by atoms with van der Waals surface area (Å²) in [6, 6.07) is 0. The first kappa shape index (κ1) is 27.9. The van der Waals surface area contributed by atoms with Crippen molar-refractivity contribution in [2.24, 2.45) is 47.3 Å². The molecule has 0 nitrogen and oxygen atoms in total. The van der Waals surface area contributed by atoms with E-state index in [9.17, 15) is 0 Å². The highest BCUT2D eigenvalue weighted by atomic mass is 31.1. The summed E-state index contributed by atoms with van der Waals surface area (Å²) in [4.78, 5) is 0. The van der Waals surface area contributed by atoms with Crippen LogP contribution in [0.25, 0.3) is 0 Å². The maximum atomic E-state index is 2.64. The van der Waals surface area contributed by atoms with Gasteiger partial charge in [0.1, 0.15) is 0 Å². The summed E-state index contributed by atoms with van der Waals surface area (Å²) >= 11 is 0. The Kier molecular flexibility index (Phi) is 8.10. The predicted molar refractivity (Wildman–Crippen MR) is 158 cm³/mol. The van der Waals surface area contributed by atoms with E-state index in [1.54, 1.807) is 38.3 Å². The molecule has 0 heterocycles. The Labute approximate surface area is 217 Å². The van der Waals surface area contributed by atoms with Crippen LogP contribution in [0.5, 0.6) is 0 Å². The Morgan fingerprint density at radius 2 is 0.941 bits per heavy atom. The second-order valence-corrected chi connectivity index (χ2v) is 23.8. The van der Waals surface area contributed by atoms with Crippen LogP contribution in [0.1, 0.15) is 121 Å². The van der Waals surface area contributed by atoms with E-state index < -0.39 is 0 Å². The van der Waals surface area contributed by atoms with Crippen molar-refractivity contribution in [3.05, 3.63) is 0 Å². The van der Waals surface area contributed by atoms with Crippen molar-refractivity contribution in [1.29, 1.82) is 0 Å². The highest BCUT2D eigenvalue weighted by molar-refractivity contribution is 7.61. The van der Waals surface area contributed by atoms with E-state index in [-0.39, 0.29) is 15.8 Å². The summed E-state index contributed by atoms with van der Waals surface area (Å²) in [5.74, 6) is 8.22. The molecule has 5 aliphatic carbocycles. The SMILES string of the molecule is CC1CC(CP(C2C3CC4CC(C3)CC2C4)C(C)(C)C)C(CP(C(C)(C)C)C(C)(C)C)CC1C. The highest BCUT2D eigenvalue weighted by Gasteiger charge is 2.53. The van der Waals surface area contributed by atoms with Crippen LogP contribution in [0.3, 0.4) is 0 Å². The van der Waals surface area contributed by atoms with E-state index in [0.717, 1.165) is 53.0 Å². The number of rotatable bonds is 5. The minimum Gasteiger partial charge on any atom is -0.0971 e. The average Bonchev–Trinajstić information content (AvgIpc) is 2.64. The molecule has 2 heteroatoms. The Bertz CT molecular complexity index is 647. The van der Waals surface area contributed by atoms with Gasteiger partial charge in [-0.15, -0.1) is 0 Å². The molecule has 5 atom stereocenters. The van der Waals surface area contributed by atoms with Gasteiger partial charge >= 0.3 is 0 Å². The van der Waals surface area contributed by atoms with Gasteiger partial charge in [0.25, 0.3) is 0 Å². The summed E-state index contributed by atoms with van der Waals surface area (Å²) in [5.41, 5.74) is 1.10. The second kappa shape index (κ2) is 9.87. The molecule has 198 valence electrons. The molecule has 0 saturated heterocycles. The molecule has 0 aromatic carbocycles. The zero-order valence-electron chi connectivity index (χ0n) is 25.0. The lowest BCUT2D eigenvalue weighted by atomic mass is 9.56. The Hall–Kier alpha value is 0.860. The van der Waals surface area contributed by atoms with Gasteiger partial charge in [0.15, 0.2) is 0 Å². The van der Waals surface area contributed by atoms with Crippen molar-refractivity contribution < 1.29 is 0 Å². The third-order valence-electron chi connectivity index (χ3n) is 10.9. The summed E-state index contributed by atoms with van der Waals surface area (Å²) in [6.07, 6.45) is 14.2. The third kappa shape index (κ3) is 5.95. The van der Waals surface area contributed by atoms with Crippen LogP contribution in [0.15, 0.2) is 0 Å². The van der Waals surface area contributed by atoms with E-state index >= 15 is 0 Å². The van der Waals surface area contributed by atoms with Gasteiger partial charge in [0, 0.05) is 0 Å². The maximum absolute atomic E-state index is 2.64. The van der Waals surface area contributed by atoms with Crippen LogP contribution in [0, 0.1) is 47.3 Å². The number of hydrogen-bond donors (Lipinski definition) is 0. The highest BCUT2D eigenvalue weighted by Crippen LogP contribution is 2.69. The van der Waals surface area contributed by atoms with Crippen molar-refractivity contribution in [3.63, 3.8) is 0 Å². The molecular formula is C32H60P2. The van der Waals surface area contributed by atoms with Crippen LogP contribution in [-0.2, 0) is 0 Å². The van der Waals surface area contributed by atoms with Crippen molar-refractivity contribution in [3.8, 4) is 0 Å². The molecule has 4 bridgehead atoms. The quantitative estimate of drug-likeness (QED) is 0.325. The van der Waals surface area contributed by atoms with Gasteiger partial charge in [-0.2, -0.15) is 0 Å². The molecule has 0 spiro atoms. The molecular weight excluding hydrogens is 446 g/mol. The van der Waals surface area contributed by atoms with Crippen LogP contribution >= 0.6 is 15.8 Å². The van der Waals surface area contributed by atoms with Gasteiger partial charge in [-0.1, -0.05) is 92.0 Å². The molecule has 5 aliphatic rings. The van der Waals surface area contributed by atoms with E-state index in [0.29, 0.717) is 15.5 Å². The first-order chi connectivity index (χ1) is 15.5. The lowest BCUT2D eigenvalue weighted by Gasteiger charge is -2.59. The summed E-state index contributed by atoms with van der Waals surface area (Å²) in [6.45, 7) is 28.4.